The summed E-state index contributed by atoms with van der Waals surface area (Å²) < 4.78 is 61.5. The quantitative estimate of drug-likeness (QED) is 0.0678. The number of benzene rings is 2. The molecular formula is C41H27F4N5O2S2. The lowest BCUT2D eigenvalue weighted by Crippen LogP contribution is -2.05. The molecule has 2 aromatic carbocycles. The number of aromatic nitrogens is 1. The Bertz CT molecular complexity index is 2750. The summed E-state index contributed by atoms with van der Waals surface area (Å²) >= 11 is 2.77. The Morgan fingerprint density at radius 1 is 0.815 bits per heavy atom. The molecule has 54 heavy (non-hydrogen) atoms. The van der Waals surface area contributed by atoms with Gasteiger partial charge in [-0.15, -0.1) is 22.7 Å². The van der Waals surface area contributed by atoms with Crippen LogP contribution in [0.2, 0.25) is 0 Å². The van der Waals surface area contributed by atoms with E-state index in [1.165, 1.54) is 35.0 Å². The van der Waals surface area contributed by atoms with Crippen LogP contribution in [0.25, 0.3) is 43.7 Å². The van der Waals surface area contributed by atoms with Crippen molar-refractivity contribution in [3.63, 3.8) is 0 Å². The van der Waals surface area contributed by atoms with Gasteiger partial charge in [-0.2, -0.15) is 10.5 Å². The SMILES string of the molecule is C=NCC(C=NC)=C1/C(=C/c2cc3c(s2)c2sc(/C=C4\C(=O)c5cc(F)c(F)cc5C4=C(C#N)C#N)cc2n3CC(C)CC)C(=O)c2cc(F)c(F)cc21. The van der Waals surface area contributed by atoms with Gasteiger partial charge in [0.15, 0.2) is 34.8 Å². The fourth-order valence-corrected chi connectivity index (χ4v) is 9.26. The molecule has 0 radical (unpaired) electrons. The number of carbonyl (C=O) groups is 2. The minimum atomic E-state index is -1.22. The van der Waals surface area contributed by atoms with Gasteiger partial charge in [0.25, 0.3) is 0 Å². The Kier molecular flexibility index (Phi) is 9.48. The average Bonchev–Trinajstić information content (AvgIpc) is 3.92. The third-order valence-electron chi connectivity index (χ3n) is 9.55. The second-order valence-corrected chi connectivity index (χ2v) is 15.1. The number of ketones is 2. The number of halogens is 4. The van der Waals surface area contributed by atoms with Gasteiger partial charge in [-0.05, 0) is 77.9 Å². The second-order valence-electron chi connectivity index (χ2n) is 12.9. The molecule has 3 aromatic heterocycles. The first-order valence-electron chi connectivity index (χ1n) is 16.6. The smallest absolute Gasteiger partial charge is 0.194 e. The molecule has 0 aliphatic heterocycles. The fourth-order valence-electron chi connectivity index (χ4n) is 6.90. The number of carbonyl (C=O) groups excluding carboxylic acids is 2. The lowest BCUT2D eigenvalue weighted by atomic mass is 9.98. The molecule has 5 aromatic rings. The number of aliphatic imine (C=N–C) groups is 2. The van der Waals surface area contributed by atoms with E-state index >= 15 is 0 Å². The summed E-state index contributed by atoms with van der Waals surface area (Å²) in [5.74, 6) is -5.50. The van der Waals surface area contributed by atoms with Gasteiger partial charge in [-0.25, -0.2) is 17.6 Å². The van der Waals surface area contributed by atoms with Crippen molar-refractivity contribution in [2.24, 2.45) is 15.9 Å². The number of rotatable bonds is 8. The van der Waals surface area contributed by atoms with E-state index in [-0.39, 0.29) is 51.4 Å². The molecule has 13 heteroatoms. The van der Waals surface area contributed by atoms with Crippen molar-refractivity contribution < 1.29 is 27.2 Å². The van der Waals surface area contributed by atoms with Gasteiger partial charge in [0.2, 0.25) is 0 Å². The summed E-state index contributed by atoms with van der Waals surface area (Å²) in [5, 5.41) is 19.5. The number of Topliss-reactive ketones (excluding diaryl/α,β-unsaturated/α-hetero) is 2. The molecule has 0 bridgehead atoms. The summed E-state index contributed by atoms with van der Waals surface area (Å²) in [7, 11) is 1.55. The van der Waals surface area contributed by atoms with Gasteiger partial charge in [0.05, 0.1) is 27.0 Å². The topological polar surface area (TPSA) is 111 Å². The monoisotopic (exact) mass is 761 g/mol. The van der Waals surface area contributed by atoms with Crippen LogP contribution in [0, 0.1) is 51.8 Å². The Labute approximate surface area is 314 Å². The number of allylic oxidation sites excluding steroid dienone is 5. The van der Waals surface area contributed by atoms with E-state index in [0.717, 1.165) is 51.1 Å². The third kappa shape index (κ3) is 5.86. The maximum absolute atomic E-state index is 14.6. The molecule has 0 saturated heterocycles. The van der Waals surface area contributed by atoms with E-state index in [1.54, 1.807) is 25.3 Å². The summed E-state index contributed by atoms with van der Waals surface area (Å²) in [6, 6.07) is 11.0. The molecule has 1 unspecified atom stereocenters. The zero-order valence-electron chi connectivity index (χ0n) is 29.0. The highest BCUT2D eigenvalue weighted by Crippen LogP contribution is 2.46. The molecule has 0 amide bonds. The van der Waals surface area contributed by atoms with Gasteiger partial charge in [-0.1, -0.05) is 20.3 Å². The Morgan fingerprint density at radius 3 is 1.72 bits per heavy atom. The summed E-state index contributed by atoms with van der Waals surface area (Å²) in [6.45, 7) is 8.48. The second kappa shape index (κ2) is 14.1. The Hall–Kier alpha value is -6.02. The van der Waals surface area contributed by atoms with Crippen LogP contribution < -0.4 is 0 Å². The van der Waals surface area contributed by atoms with E-state index < -0.39 is 40.4 Å². The molecule has 7 rings (SSSR count). The number of hydrogen-bond donors (Lipinski definition) is 0. The maximum Gasteiger partial charge on any atom is 0.194 e. The molecule has 0 N–H and O–H groups in total. The molecule has 0 saturated carbocycles. The predicted octanol–water partition coefficient (Wildman–Crippen LogP) is 10.0. The summed E-state index contributed by atoms with van der Waals surface area (Å²) in [5.41, 5.74) is 2.52. The summed E-state index contributed by atoms with van der Waals surface area (Å²) in [6.07, 6.45) is 5.65. The van der Waals surface area contributed by atoms with E-state index in [1.807, 2.05) is 12.1 Å². The Balaban J connectivity index is 1.42. The lowest BCUT2D eigenvalue weighted by Gasteiger charge is -2.11. The normalized spacial score (nSPS) is 16.9. The minimum Gasteiger partial charge on any atom is -0.339 e. The first-order valence-corrected chi connectivity index (χ1v) is 18.3. The van der Waals surface area contributed by atoms with Gasteiger partial charge < -0.3 is 4.57 Å². The fraction of sp³-hybridized carbons (Fsp3) is 0.171. The van der Waals surface area contributed by atoms with Crippen LogP contribution in [-0.4, -0.2) is 42.7 Å². The van der Waals surface area contributed by atoms with Gasteiger partial charge in [0, 0.05) is 63.0 Å². The molecule has 0 spiro atoms. The van der Waals surface area contributed by atoms with Crippen LogP contribution >= 0.6 is 22.7 Å². The van der Waals surface area contributed by atoms with Crippen LogP contribution in [0.3, 0.4) is 0 Å². The van der Waals surface area contributed by atoms with E-state index in [9.17, 15) is 37.7 Å². The molecule has 1 atom stereocenters. The van der Waals surface area contributed by atoms with Crippen molar-refractivity contribution in [2.75, 3.05) is 13.6 Å². The van der Waals surface area contributed by atoms with Crippen molar-refractivity contribution in [1.82, 2.24) is 4.57 Å². The highest BCUT2D eigenvalue weighted by Gasteiger charge is 2.36. The number of nitriles is 2. The molecule has 2 aliphatic rings. The standard InChI is InChI=1S/C41H27F4N5O2S2/c1-5-19(2)18-50-34-8-22(6-28-36(20(14-46)15-47)24-10-30(42)32(44)12-26(24)38(28)51)53-40(34)41-35(50)9-23(54-41)7-29-37(21(16-48-3)17-49-4)25-11-31(43)33(45)13-27(25)39(29)52/h6-13,17,19H,3,5,16,18H2,1-2,4H3/b28-6-,29-7-,37-21?,49-17?. The first-order chi connectivity index (χ1) is 25.9. The predicted molar refractivity (Wildman–Crippen MR) is 206 cm³/mol. The van der Waals surface area contributed by atoms with Gasteiger partial charge in [0.1, 0.15) is 17.7 Å². The van der Waals surface area contributed by atoms with E-state index in [4.69, 9.17) is 0 Å². The zero-order chi connectivity index (χ0) is 38.6. The van der Waals surface area contributed by atoms with Crippen molar-refractivity contribution in [3.8, 4) is 12.1 Å². The van der Waals surface area contributed by atoms with Crippen LogP contribution in [0.15, 0.2) is 68.7 Å². The van der Waals surface area contributed by atoms with E-state index in [2.05, 4.69) is 35.1 Å². The number of nitrogens with zero attached hydrogens (tertiary/aromatic N) is 5. The molecular weight excluding hydrogens is 735 g/mol. The molecule has 7 nitrogen and oxygen atoms in total. The molecule has 268 valence electrons. The van der Waals surface area contributed by atoms with Crippen molar-refractivity contribution >= 4 is 90.9 Å². The maximum atomic E-state index is 14.6. The van der Waals surface area contributed by atoms with Gasteiger partial charge in [-0.3, -0.25) is 19.6 Å². The molecule has 2 aliphatic carbocycles. The minimum absolute atomic E-state index is 0.0229. The van der Waals surface area contributed by atoms with E-state index in [0.29, 0.717) is 27.4 Å². The highest BCUT2D eigenvalue weighted by atomic mass is 32.1. The van der Waals surface area contributed by atoms with Crippen LogP contribution in [-0.2, 0) is 6.54 Å². The van der Waals surface area contributed by atoms with Gasteiger partial charge >= 0.3 is 0 Å². The first kappa shape index (κ1) is 36.3. The third-order valence-corrected chi connectivity index (χ3v) is 11.9. The van der Waals surface area contributed by atoms with Crippen molar-refractivity contribution in [1.29, 1.82) is 10.5 Å². The van der Waals surface area contributed by atoms with Crippen LogP contribution in [0.4, 0.5) is 17.6 Å². The zero-order valence-corrected chi connectivity index (χ0v) is 30.6. The number of thiophene rings is 2. The molecule has 3 heterocycles. The van der Waals surface area contributed by atoms with Crippen LogP contribution in [0.5, 0.6) is 0 Å². The highest BCUT2D eigenvalue weighted by molar-refractivity contribution is 7.28. The van der Waals surface area contributed by atoms with Crippen LogP contribution in [0.1, 0.15) is 61.9 Å². The number of fused-ring (bicyclic) bond motifs is 5. The number of hydrogen-bond acceptors (Lipinski definition) is 8. The average molecular weight is 762 g/mol. The summed E-state index contributed by atoms with van der Waals surface area (Å²) in [4.78, 5) is 36.8. The van der Waals surface area contributed by atoms with Crippen molar-refractivity contribution in [2.45, 2.75) is 26.8 Å². The Morgan fingerprint density at radius 2 is 1.28 bits per heavy atom. The van der Waals surface area contributed by atoms with Crippen molar-refractivity contribution in [3.05, 3.63) is 114 Å². The lowest BCUT2D eigenvalue weighted by molar-refractivity contribution is 0.103. The molecule has 0 fully saturated rings. The largest absolute Gasteiger partial charge is 0.339 e.